The second kappa shape index (κ2) is 4.06. The molecule has 16 heavy (non-hydrogen) atoms. The minimum atomic E-state index is -1.06. The number of aromatic nitrogens is 2. The highest BCUT2D eigenvalue weighted by Gasteiger charge is 2.09. The maximum atomic E-state index is 10.6. The Morgan fingerprint density at radius 2 is 2.19 bits per heavy atom. The smallest absolute Gasteiger partial charge is 0.354 e. The quantitative estimate of drug-likeness (QED) is 0.828. The van der Waals surface area contributed by atoms with Crippen molar-refractivity contribution in [2.24, 2.45) is 0 Å². The zero-order chi connectivity index (χ0) is 11.5. The largest absolute Gasteiger partial charge is 0.477 e. The number of nitrogens with zero attached hydrogens (tertiary/aromatic N) is 1. The Kier molecular flexibility index (Phi) is 2.59. The summed E-state index contributed by atoms with van der Waals surface area (Å²) in [7, 11) is 0. The molecule has 0 aliphatic rings. The van der Waals surface area contributed by atoms with Crippen LogP contribution in [-0.4, -0.2) is 21.0 Å². The van der Waals surface area contributed by atoms with Gasteiger partial charge in [0, 0.05) is 0 Å². The summed E-state index contributed by atoms with van der Waals surface area (Å²) in [6.45, 7) is 1.90. The minimum Gasteiger partial charge on any atom is -0.477 e. The minimum absolute atomic E-state index is 0.00332. The Morgan fingerprint density at radius 3 is 2.81 bits per heavy atom. The lowest BCUT2D eigenvalue weighted by Gasteiger charge is -2.04. The summed E-state index contributed by atoms with van der Waals surface area (Å²) in [6, 6.07) is 7.59. The molecule has 5 heteroatoms. The number of rotatable bonds is 3. The highest BCUT2D eigenvalue weighted by molar-refractivity contribution is 5.85. The number of aromatic amines is 1. The number of aryl methyl sites for hydroxylation is 1. The van der Waals surface area contributed by atoms with E-state index in [1.807, 2.05) is 25.1 Å². The highest BCUT2D eigenvalue weighted by atomic mass is 16.5. The lowest BCUT2D eigenvalue weighted by Crippen LogP contribution is -1.96. The molecule has 1 heterocycles. The number of hydrogen-bond acceptors (Lipinski definition) is 3. The number of benzene rings is 1. The van der Waals surface area contributed by atoms with E-state index in [9.17, 15) is 4.79 Å². The van der Waals surface area contributed by atoms with E-state index in [-0.39, 0.29) is 11.7 Å². The summed E-state index contributed by atoms with van der Waals surface area (Å²) in [5.41, 5.74) is 0.958. The van der Waals surface area contributed by atoms with Gasteiger partial charge in [-0.1, -0.05) is 18.2 Å². The van der Waals surface area contributed by atoms with Gasteiger partial charge in [0.25, 0.3) is 6.01 Å². The van der Waals surface area contributed by atoms with Crippen molar-refractivity contribution in [1.29, 1.82) is 0 Å². The van der Waals surface area contributed by atoms with Crippen molar-refractivity contribution in [2.75, 3.05) is 0 Å². The van der Waals surface area contributed by atoms with Crippen LogP contribution in [0.2, 0.25) is 0 Å². The molecule has 1 aromatic heterocycles. The summed E-state index contributed by atoms with van der Waals surface area (Å²) < 4.78 is 5.41. The fourth-order valence-electron chi connectivity index (χ4n) is 1.24. The van der Waals surface area contributed by atoms with Gasteiger partial charge in [-0.15, -0.1) is 0 Å². The van der Waals surface area contributed by atoms with Crippen molar-refractivity contribution in [2.45, 2.75) is 6.92 Å². The number of aromatic carboxylic acids is 1. The van der Waals surface area contributed by atoms with Crippen LogP contribution in [0.4, 0.5) is 0 Å². The summed E-state index contributed by atoms with van der Waals surface area (Å²) in [4.78, 5) is 17.0. The predicted octanol–water partition coefficient (Wildman–Crippen LogP) is 2.21. The van der Waals surface area contributed by atoms with Crippen molar-refractivity contribution < 1.29 is 14.6 Å². The number of nitrogens with one attached hydrogen (secondary N) is 1. The first-order valence-corrected chi connectivity index (χ1v) is 4.68. The first-order valence-electron chi connectivity index (χ1n) is 4.68. The second-order valence-electron chi connectivity index (χ2n) is 3.27. The zero-order valence-corrected chi connectivity index (χ0v) is 8.60. The first kappa shape index (κ1) is 10.2. The maximum absolute atomic E-state index is 10.6. The van der Waals surface area contributed by atoms with Crippen LogP contribution in [0.1, 0.15) is 16.1 Å². The lowest BCUT2D eigenvalue weighted by molar-refractivity contribution is 0.0690. The molecule has 0 aliphatic heterocycles. The fourth-order valence-corrected chi connectivity index (χ4v) is 1.24. The first-order chi connectivity index (χ1) is 7.66. The van der Waals surface area contributed by atoms with Crippen LogP contribution in [0.25, 0.3) is 0 Å². The maximum Gasteiger partial charge on any atom is 0.354 e. The molecule has 0 unspecified atom stereocenters. The second-order valence-corrected chi connectivity index (χ2v) is 3.27. The Hall–Kier alpha value is -2.30. The van der Waals surface area contributed by atoms with E-state index in [1.54, 1.807) is 6.07 Å². The van der Waals surface area contributed by atoms with Crippen molar-refractivity contribution in [3.05, 3.63) is 41.7 Å². The van der Waals surface area contributed by atoms with Crippen molar-refractivity contribution in [1.82, 2.24) is 9.97 Å². The highest BCUT2D eigenvalue weighted by Crippen LogP contribution is 2.21. The predicted molar refractivity (Wildman–Crippen MR) is 56.8 cm³/mol. The molecule has 0 atom stereocenters. The molecule has 1 aromatic carbocycles. The van der Waals surface area contributed by atoms with E-state index in [1.165, 1.54) is 6.20 Å². The van der Waals surface area contributed by atoms with Crippen LogP contribution in [-0.2, 0) is 0 Å². The number of carboxylic acids is 1. The Labute approximate surface area is 91.7 Å². The van der Waals surface area contributed by atoms with Crippen molar-refractivity contribution >= 4 is 5.97 Å². The molecule has 0 saturated heterocycles. The third-order valence-corrected chi connectivity index (χ3v) is 2.08. The molecule has 82 valence electrons. The number of para-hydroxylation sites is 1. The number of carbonyl (C=O) groups is 1. The fraction of sp³-hybridized carbons (Fsp3) is 0.0909. The van der Waals surface area contributed by atoms with Gasteiger partial charge in [-0.25, -0.2) is 9.78 Å². The molecule has 0 bridgehead atoms. The van der Waals surface area contributed by atoms with Gasteiger partial charge in [0.1, 0.15) is 11.4 Å². The normalized spacial score (nSPS) is 10.1. The molecule has 0 fully saturated rings. The monoisotopic (exact) mass is 218 g/mol. The van der Waals surface area contributed by atoms with Gasteiger partial charge in [-0.3, -0.25) is 0 Å². The Balaban J connectivity index is 2.21. The molecule has 0 aliphatic carbocycles. The molecule has 0 spiro atoms. The van der Waals surface area contributed by atoms with Gasteiger partial charge in [-0.2, -0.15) is 0 Å². The molecule has 0 radical (unpaired) electrons. The molecular weight excluding hydrogens is 208 g/mol. The molecule has 2 rings (SSSR count). The van der Waals surface area contributed by atoms with E-state index < -0.39 is 5.97 Å². The van der Waals surface area contributed by atoms with Gasteiger partial charge in [0.05, 0.1) is 6.20 Å². The molecule has 2 aromatic rings. The summed E-state index contributed by atoms with van der Waals surface area (Å²) in [5, 5.41) is 8.69. The molecular formula is C11H10N2O3. The summed E-state index contributed by atoms with van der Waals surface area (Å²) in [5.74, 6) is -0.416. The molecule has 2 N–H and O–H groups in total. The third-order valence-electron chi connectivity index (χ3n) is 2.08. The van der Waals surface area contributed by atoms with E-state index >= 15 is 0 Å². The zero-order valence-electron chi connectivity index (χ0n) is 8.60. The van der Waals surface area contributed by atoms with E-state index in [0.29, 0.717) is 5.75 Å². The molecule has 0 amide bonds. The van der Waals surface area contributed by atoms with Crippen LogP contribution < -0.4 is 4.74 Å². The van der Waals surface area contributed by atoms with E-state index in [0.717, 1.165) is 5.56 Å². The number of hydrogen-bond donors (Lipinski definition) is 2. The third kappa shape index (κ3) is 2.03. The molecule has 5 nitrogen and oxygen atoms in total. The lowest BCUT2D eigenvalue weighted by atomic mass is 10.2. The van der Waals surface area contributed by atoms with Crippen molar-refractivity contribution in [3.8, 4) is 11.8 Å². The Morgan fingerprint density at radius 1 is 1.44 bits per heavy atom. The molecule has 0 saturated carbocycles. The number of carboxylic acid groups (broad SMARTS) is 1. The Bertz CT molecular complexity index is 519. The standard InChI is InChI=1S/C11H10N2O3/c1-7-4-2-3-5-9(7)16-11-12-6-8(13-11)10(14)15/h2-6H,1H3,(H,12,13)(H,14,15). The van der Waals surface area contributed by atoms with Gasteiger partial charge in [0.2, 0.25) is 0 Å². The van der Waals surface area contributed by atoms with Crippen LogP contribution >= 0.6 is 0 Å². The van der Waals surface area contributed by atoms with E-state index in [2.05, 4.69) is 9.97 Å². The van der Waals surface area contributed by atoms with Gasteiger partial charge < -0.3 is 14.8 Å². The number of imidazole rings is 1. The van der Waals surface area contributed by atoms with Crippen LogP contribution in [0.5, 0.6) is 11.8 Å². The van der Waals surface area contributed by atoms with E-state index in [4.69, 9.17) is 9.84 Å². The van der Waals surface area contributed by atoms with Gasteiger partial charge in [-0.05, 0) is 18.6 Å². The number of H-pyrrole nitrogens is 1. The number of ether oxygens (including phenoxy) is 1. The van der Waals surface area contributed by atoms with Crippen molar-refractivity contribution in [3.63, 3.8) is 0 Å². The average molecular weight is 218 g/mol. The van der Waals surface area contributed by atoms with Crippen LogP contribution in [0.15, 0.2) is 30.5 Å². The van der Waals surface area contributed by atoms with Crippen LogP contribution in [0, 0.1) is 6.92 Å². The topological polar surface area (TPSA) is 75.2 Å². The SMILES string of the molecule is Cc1ccccc1Oc1ncc(C(=O)O)[nH]1. The average Bonchev–Trinajstić information content (AvgIpc) is 2.70. The van der Waals surface area contributed by atoms with Gasteiger partial charge >= 0.3 is 5.97 Å². The summed E-state index contributed by atoms with van der Waals surface area (Å²) >= 11 is 0. The van der Waals surface area contributed by atoms with Gasteiger partial charge in [0.15, 0.2) is 0 Å². The van der Waals surface area contributed by atoms with Crippen LogP contribution in [0.3, 0.4) is 0 Å². The summed E-state index contributed by atoms with van der Waals surface area (Å²) in [6.07, 6.45) is 1.22.